The highest BCUT2D eigenvalue weighted by Gasteiger charge is 2.09. The van der Waals surface area contributed by atoms with E-state index in [1.807, 2.05) is 62.5 Å². The Morgan fingerprint density at radius 3 is 2.79 bits per heavy atom. The van der Waals surface area contributed by atoms with Crippen LogP contribution < -0.4 is 9.47 Å². The molecule has 1 heterocycles. The second-order valence-electron chi connectivity index (χ2n) is 6.90. The monoisotopic (exact) mass is 415 g/mol. The molecular formula is C23H26ClNO4. The van der Waals surface area contributed by atoms with Crippen molar-refractivity contribution in [2.75, 3.05) is 6.61 Å². The maximum absolute atomic E-state index is 10.7. The molecule has 1 N–H and O–H groups in total. The van der Waals surface area contributed by atoms with Gasteiger partial charge in [-0.05, 0) is 55.7 Å². The quantitative estimate of drug-likeness (QED) is 0.519. The van der Waals surface area contributed by atoms with E-state index in [1.165, 1.54) is 0 Å². The third kappa shape index (κ3) is 6.36. The number of nitrogens with zero attached hydrogens (tertiary/aromatic N) is 1. The summed E-state index contributed by atoms with van der Waals surface area (Å²) in [6.45, 7) is 4.55. The maximum atomic E-state index is 10.7. The number of aryl methyl sites for hydroxylation is 2. The summed E-state index contributed by atoms with van der Waals surface area (Å²) in [5, 5.41) is 10.9. The molecule has 3 aromatic rings. The molecule has 0 aliphatic heterocycles. The van der Waals surface area contributed by atoms with E-state index in [1.54, 1.807) is 6.20 Å². The van der Waals surface area contributed by atoms with Gasteiger partial charge in [0, 0.05) is 36.0 Å². The minimum absolute atomic E-state index is 0. The summed E-state index contributed by atoms with van der Waals surface area (Å²) in [5.74, 6) is 0.863. The van der Waals surface area contributed by atoms with Crippen molar-refractivity contribution in [2.45, 2.75) is 39.2 Å². The summed E-state index contributed by atoms with van der Waals surface area (Å²) >= 11 is 0. The second kappa shape index (κ2) is 10.7. The number of aromatic nitrogens is 1. The van der Waals surface area contributed by atoms with Crippen LogP contribution in [-0.4, -0.2) is 28.8 Å². The van der Waals surface area contributed by atoms with E-state index in [-0.39, 0.29) is 24.9 Å². The van der Waals surface area contributed by atoms with Gasteiger partial charge < -0.3 is 14.6 Å². The molecule has 154 valence electrons. The molecule has 0 aliphatic carbocycles. The number of halogens is 1. The molecule has 6 heteroatoms. The lowest BCUT2D eigenvalue weighted by atomic mass is 10.0. The fraction of sp³-hybridized carbons (Fsp3) is 0.304. The van der Waals surface area contributed by atoms with Crippen LogP contribution in [0.2, 0.25) is 0 Å². The van der Waals surface area contributed by atoms with E-state index in [2.05, 4.69) is 4.98 Å². The summed E-state index contributed by atoms with van der Waals surface area (Å²) in [7, 11) is 0. The number of ether oxygens (including phenoxy) is 2. The number of rotatable bonds is 9. The highest BCUT2D eigenvalue weighted by molar-refractivity contribution is 5.87. The Morgan fingerprint density at radius 2 is 2.03 bits per heavy atom. The molecule has 29 heavy (non-hydrogen) atoms. The van der Waals surface area contributed by atoms with Crippen molar-refractivity contribution in [2.24, 2.45) is 0 Å². The number of hydrogen-bond acceptors (Lipinski definition) is 4. The molecule has 0 saturated heterocycles. The van der Waals surface area contributed by atoms with E-state index < -0.39 is 5.97 Å². The van der Waals surface area contributed by atoms with Gasteiger partial charge in [-0.15, -0.1) is 12.4 Å². The van der Waals surface area contributed by atoms with E-state index >= 15 is 0 Å². The molecule has 1 aromatic heterocycles. The third-order valence-corrected chi connectivity index (χ3v) is 4.68. The molecule has 1 unspecified atom stereocenters. The fourth-order valence-electron chi connectivity index (χ4n) is 3.09. The van der Waals surface area contributed by atoms with Gasteiger partial charge >= 0.3 is 5.97 Å². The lowest BCUT2D eigenvalue weighted by Gasteiger charge is -2.17. The first-order chi connectivity index (χ1) is 13.5. The number of hydrogen-bond donors (Lipinski definition) is 1. The zero-order valence-corrected chi connectivity index (χ0v) is 17.4. The Kier molecular flexibility index (Phi) is 8.28. The van der Waals surface area contributed by atoms with Gasteiger partial charge in [-0.3, -0.25) is 9.78 Å². The van der Waals surface area contributed by atoms with Crippen LogP contribution in [0.1, 0.15) is 30.9 Å². The molecule has 0 saturated carbocycles. The predicted octanol–water partition coefficient (Wildman–Crippen LogP) is 5.22. The summed E-state index contributed by atoms with van der Waals surface area (Å²) in [6.07, 6.45) is 5.03. The van der Waals surface area contributed by atoms with E-state index in [4.69, 9.17) is 14.6 Å². The molecule has 1 atom stereocenters. The van der Waals surface area contributed by atoms with Gasteiger partial charge in [0.05, 0.1) is 12.7 Å². The van der Waals surface area contributed by atoms with Crippen molar-refractivity contribution >= 4 is 29.1 Å². The van der Waals surface area contributed by atoms with Crippen molar-refractivity contribution in [3.8, 4) is 11.5 Å². The van der Waals surface area contributed by atoms with Crippen molar-refractivity contribution in [3.63, 3.8) is 0 Å². The summed E-state index contributed by atoms with van der Waals surface area (Å²) < 4.78 is 12.0. The van der Waals surface area contributed by atoms with Crippen LogP contribution in [0.5, 0.6) is 11.5 Å². The van der Waals surface area contributed by atoms with Crippen molar-refractivity contribution < 1.29 is 19.4 Å². The van der Waals surface area contributed by atoms with E-state index in [9.17, 15) is 4.79 Å². The second-order valence-corrected chi connectivity index (χ2v) is 6.90. The SMILES string of the molecule is Cc1cc(OCCC(C)Oc2cccc3cnccc23)ccc1CCC(=O)O.Cl. The standard InChI is InChI=1S/C23H25NO4.ClH/c1-16-14-20(8-6-18(16)7-9-23(25)26)27-13-11-17(2)28-22-5-3-4-19-15-24-12-10-21(19)22;/h3-6,8,10,12,14-15,17H,7,9,11,13H2,1-2H3,(H,25,26);1H. The van der Waals surface area contributed by atoms with Gasteiger partial charge in [-0.25, -0.2) is 0 Å². The van der Waals surface area contributed by atoms with E-state index in [0.717, 1.165) is 39.8 Å². The maximum Gasteiger partial charge on any atom is 0.303 e. The van der Waals surface area contributed by atoms with Gasteiger partial charge in [0.15, 0.2) is 0 Å². The van der Waals surface area contributed by atoms with Crippen molar-refractivity contribution in [1.29, 1.82) is 0 Å². The Balaban J connectivity index is 0.00000300. The van der Waals surface area contributed by atoms with Crippen LogP contribution in [0.25, 0.3) is 10.8 Å². The number of carboxylic acid groups (broad SMARTS) is 1. The molecule has 3 rings (SSSR count). The van der Waals surface area contributed by atoms with Gasteiger partial charge in [-0.2, -0.15) is 0 Å². The molecule has 0 fully saturated rings. The number of carboxylic acids is 1. The van der Waals surface area contributed by atoms with Crippen LogP contribution in [0.15, 0.2) is 54.9 Å². The average molecular weight is 416 g/mol. The molecule has 0 amide bonds. The van der Waals surface area contributed by atoms with Gasteiger partial charge in [0.1, 0.15) is 11.5 Å². The zero-order valence-electron chi connectivity index (χ0n) is 16.6. The van der Waals surface area contributed by atoms with Crippen LogP contribution in [0.4, 0.5) is 0 Å². The molecule has 5 nitrogen and oxygen atoms in total. The minimum atomic E-state index is -0.781. The largest absolute Gasteiger partial charge is 0.493 e. The number of benzene rings is 2. The first kappa shape index (κ1) is 22.5. The van der Waals surface area contributed by atoms with Crippen molar-refractivity contribution in [3.05, 3.63) is 66.0 Å². The minimum Gasteiger partial charge on any atom is -0.493 e. The predicted molar refractivity (Wildman–Crippen MR) is 116 cm³/mol. The summed E-state index contributed by atoms with van der Waals surface area (Å²) in [4.78, 5) is 14.9. The first-order valence-corrected chi connectivity index (χ1v) is 9.46. The van der Waals surface area contributed by atoms with Crippen molar-refractivity contribution in [1.82, 2.24) is 4.98 Å². The summed E-state index contributed by atoms with van der Waals surface area (Å²) in [5.41, 5.74) is 2.09. The fourth-order valence-corrected chi connectivity index (χ4v) is 3.09. The molecule has 0 aliphatic rings. The Labute approximate surface area is 177 Å². The number of carbonyl (C=O) groups is 1. The first-order valence-electron chi connectivity index (χ1n) is 9.46. The smallest absolute Gasteiger partial charge is 0.303 e. The zero-order chi connectivity index (χ0) is 19.9. The van der Waals surface area contributed by atoms with Gasteiger partial charge in [-0.1, -0.05) is 18.2 Å². The van der Waals surface area contributed by atoms with E-state index in [0.29, 0.717) is 13.0 Å². The normalized spacial score (nSPS) is 11.5. The number of aliphatic carboxylic acids is 1. The topological polar surface area (TPSA) is 68.7 Å². The molecule has 0 bridgehead atoms. The lowest BCUT2D eigenvalue weighted by Crippen LogP contribution is -2.16. The Hall–Kier alpha value is -2.79. The third-order valence-electron chi connectivity index (χ3n) is 4.68. The molecular weight excluding hydrogens is 390 g/mol. The average Bonchev–Trinajstić information content (AvgIpc) is 2.67. The van der Waals surface area contributed by atoms with Crippen LogP contribution in [0.3, 0.4) is 0 Å². The summed E-state index contributed by atoms with van der Waals surface area (Å²) in [6, 6.07) is 13.7. The molecule has 0 radical (unpaired) electrons. The van der Waals surface area contributed by atoms with Crippen LogP contribution in [-0.2, 0) is 11.2 Å². The number of fused-ring (bicyclic) bond motifs is 1. The van der Waals surface area contributed by atoms with Gasteiger partial charge in [0.2, 0.25) is 0 Å². The van der Waals surface area contributed by atoms with Gasteiger partial charge in [0.25, 0.3) is 0 Å². The number of pyridine rings is 1. The molecule has 2 aromatic carbocycles. The van der Waals surface area contributed by atoms with Crippen LogP contribution >= 0.6 is 12.4 Å². The lowest BCUT2D eigenvalue weighted by molar-refractivity contribution is -0.136. The Morgan fingerprint density at radius 1 is 1.21 bits per heavy atom. The van der Waals surface area contributed by atoms with Crippen LogP contribution in [0, 0.1) is 6.92 Å². The highest BCUT2D eigenvalue weighted by Crippen LogP contribution is 2.26. The highest BCUT2D eigenvalue weighted by atomic mass is 35.5. The molecule has 0 spiro atoms. The Bertz CT molecular complexity index is 955.